The quantitative estimate of drug-likeness (QED) is 0.727. The molecule has 0 saturated carbocycles. The largest absolute Gasteiger partial charge is 0.298 e. The number of carbonyl (C=O) groups excluding carboxylic acids is 2. The third-order valence-electron chi connectivity index (χ3n) is 3.06. The van der Waals surface area contributed by atoms with Gasteiger partial charge < -0.3 is 0 Å². The Morgan fingerprint density at radius 1 is 1.04 bits per heavy atom. The van der Waals surface area contributed by atoms with Gasteiger partial charge in [-0.25, -0.2) is 9.37 Å². The lowest BCUT2D eigenvalue weighted by molar-refractivity contribution is 0.101. The molecule has 0 aliphatic carbocycles. The second-order valence-electron chi connectivity index (χ2n) is 4.98. The standard InChI is InChI=1S/C15H12FN5O2S2/c1-7-11(13(23)19-15-21-20-8(2)24-15)25-14(17-7)18-12(22)9-4-3-5-10(16)6-9/h3-6H,1-2H3,(H,17,18,22)(H,19,21,23). The Morgan fingerprint density at radius 2 is 1.80 bits per heavy atom. The van der Waals surface area contributed by atoms with Gasteiger partial charge in [-0.05, 0) is 32.0 Å². The van der Waals surface area contributed by atoms with Crippen molar-refractivity contribution in [3.63, 3.8) is 0 Å². The lowest BCUT2D eigenvalue weighted by Gasteiger charge is -2.01. The molecule has 0 aliphatic rings. The smallest absolute Gasteiger partial charge is 0.269 e. The number of hydrogen-bond donors (Lipinski definition) is 2. The second kappa shape index (κ2) is 7.03. The summed E-state index contributed by atoms with van der Waals surface area (Å²) in [7, 11) is 0. The van der Waals surface area contributed by atoms with Gasteiger partial charge in [-0.3, -0.25) is 20.2 Å². The maximum absolute atomic E-state index is 13.2. The topological polar surface area (TPSA) is 96.9 Å². The molecular formula is C15H12FN5O2S2. The van der Waals surface area contributed by atoms with Crippen LogP contribution in [-0.2, 0) is 0 Å². The van der Waals surface area contributed by atoms with Gasteiger partial charge in [-0.1, -0.05) is 28.7 Å². The fraction of sp³-hybridized carbons (Fsp3) is 0.133. The predicted molar refractivity (Wildman–Crippen MR) is 93.8 cm³/mol. The molecule has 0 radical (unpaired) electrons. The first-order chi connectivity index (χ1) is 11.9. The second-order valence-corrected chi connectivity index (χ2v) is 7.16. The van der Waals surface area contributed by atoms with Crippen molar-refractivity contribution in [1.82, 2.24) is 15.2 Å². The predicted octanol–water partition coefficient (Wildman–Crippen LogP) is 3.26. The zero-order valence-corrected chi connectivity index (χ0v) is 14.8. The third kappa shape index (κ3) is 4.03. The molecule has 3 rings (SSSR count). The normalized spacial score (nSPS) is 10.5. The van der Waals surface area contributed by atoms with Crippen LogP contribution in [0.1, 0.15) is 30.7 Å². The first-order valence-corrected chi connectivity index (χ1v) is 8.71. The van der Waals surface area contributed by atoms with E-state index >= 15 is 0 Å². The zero-order valence-electron chi connectivity index (χ0n) is 13.2. The van der Waals surface area contributed by atoms with Crippen LogP contribution >= 0.6 is 22.7 Å². The van der Waals surface area contributed by atoms with Crippen molar-refractivity contribution < 1.29 is 14.0 Å². The molecule has 2 amide bonds. The molecule has 0 bridgehead atoms. The van der Waals surface area contributed by atoms with E-state index in [1.54, 1.807) is 13.8 Å². The summed E-state index contributed by atoms with van der Waals surface area (Å²) in [5.41, 5.74) is 0.640. The van der Waals surface area contributed by atoms with E-state index < -0.39 is 11.7 Å². The minimum Gasteiger partial charge on any atom is -0.298 e. The molecule has 10 heteroatoms. The molecule has 2 N–H and O–H groups in total. The van der Waals surface area contributed by atoms with Crippen LogP contribution in [0.4, 0.5) is 14.7 Å². The molecule has 1 aromatic carbocycles. The average molecular weight is 377 g/mol. The van der Waals surface area contributed by atoms with Gasteiger partial charge >= 0.3 is 0 Å². The summed E-state index contributed by atoms with van der Waals surface area (Å²) in [4.78, 5) is 28.9. The Bertz CT molecular complexity index is 953. The molecule has 0 fully saturated rings. The van der Waals surface area contributed by atoms with E-state index in [0.717, 1.165) is 22.4 Å². The van der Waals surface area contributed by atoms with Crippen molar-refractivity contribution in [3.8, 4) is 0 Å². The molecular weight excluding hydrogens is 365 g/mol. The Hall–Kier alpha value is -2.72. The molecule has 7 nitrogen and oxygen atoms in total. The molecule has 0 atom stereocenters. The van der Waals surface area contributed by atoms with Gasteiger partial charge in [-0.15, -0.1) is 10.2 Å². The first kappa shape index (κ1) is 17.1. The number of aromatic nitrogens is 3. The lowest BCUT2D eigenvalue weighted by Crippen LogP contribution is -2.11. The Labute approximate surface area is 150 Å². The van der Waals surface area contributed by atoms with E-state index in [9.17, 15) is 14.0 Å². The lowest BCUT2D eigenvalue weighted by atomic mass is 10.2. The van der Waals surface area contributed by atoms with Gasteiger partial charge in [0.2, 0.25) is 5.13 Å². The number of anilines is 2. The van der Waals surface area contributed by atoms with Gasteiger partial charge in [0.15, 0.2) is 5.13 Å². The van der Waals surface area contributed by atoms with Gasteiger partial charge in [0, 0.05) is 5.56 Å². The summed E-state index contributed by atoms with van der Waals surface area (Å²) in [6.45, 7) is 3.44. The van der Waals surface area contributed by atoms with Gasteiger partial charge in [0.1, 0.15) is 15.7 Å². The molecule has 2 aromatic heterocycles. The van der Waals surface area contributed by atoms with Crippen LogP contribution in [-0.4, -0.2) is 27.0 Å². The zero-order chi connectivity index (χ0) is 18.0. The minimum atomic E-state index is -0.504. The van der Waals surface area contributed by atoms with Crippen LogP contribution in [0.25, 0.3) is 0 Å². The number of halogens is 1. The highest BCUT2D eigenvalue weighted by molar-refractivity contribution is 7.18. The number of nitrogens with zero attached hydrogens (tertiary/aromatic N) is 3. The molecule has 25 heavy (non-hydrogen) atoms. The number of amides is 2. The minimum absolute atomic E-state index is 0.170. The summed E-state index contributed by atoms with van der Waals surface area (Å²) < 4.78 is 13.2. The number of aryl methyl sites for hydroxylation is 2. The van der Waals surface area contributed by atoms with Crippen molar-refractivity contribution in [1.29, 1.82) is 0 Å². The highest BCUT2D eigenvalue weighted by Crippen LogP contribution is 2.25. The van der Waals surface area contributed by atoms with Crippen LogP contribution in [0.5, 0.6) is 0 Å². The number of nitrogens with one attached hydrogen (secondary N) is 2. The van der Waals surface area contributed by atoms with Gasteiger partial charge in [0.05, 0.1) is 5.69 Å². The fourth-order valence-electron chi connectivity index (χ4n) is 1.96. The maximum atomic E-state index is 13.2. The van der Waals surface area contributed by atoms with E-state index in [-0.39, 0.29) is 16.6 Å². The van der Waals surface area contributed by atoms with Gasteiger partial charge in [0.25, 0.3) is 11.8 Å². The summed E-state index contributed by atoms with van der Waals surface area (Å²) >= 11 is 2.29. The summed E-state index contributed by atoms with van der Waals surface area (Å²) in [6, 6.07) is 5.31. The van der Waals surface area contributed by atoms with E-state index in [4.69, 9.17) is 0 Å². The Morgan fingerprint density at radius 3 is 2.48 bits per heavy atom. The highest BCUT2D eigenvalue weighted by Gasteiger charge is 2.18. The van der Waals surface area contributed by atoms with E-state index in [2.05, 4.69) is 25.8 Å². The number of carbonyl (C=O) groups is 2. The Kier molecular flexibility index (Phi) is 4.81. The van der Waals surface area contributed by atoms with Crippen LogP contribution in [0.3, 0.4) is 0 Å². The highest BCUT2D eigenvalue weighted by atomic mass is 32.1. The molecule has 128 valence electrons. The van der Waals surface area contributed by atoms with E-state index in [1.165, 1.54) is 29.5 Å². The number of rotatable bonds is 4. The maximum Gasteiger partial charge on any atom is 0.269 e. The van der Waals surface area contributed by atoms with Crippen molar-refractivity contribution in [2.75, 3.05) is 10.6 Å². The average Bonchev–Trinajstić information content (AvgIpc) is 3.13. The van der Waals surface area contributed by atoms with Crippen LogP contribution in [0, 0.1) is 19.7 Å². The van der Waals surface area contributed by atoms with Crippen LogP contribution in [0.15, 0.2) is 24.3 Å². The summed E-state index contributed by atoms with van der Waals surface area (Å²) in [5, 5.41) is 14.2. The van der Waals surface area contributed by atoms with Crippen LogP contribution in [0.2, 0.25) is 0 Å². The van der Waals surface area contributed by atoms with Gasteiger partial charge in [-0.2, -0.15) is 0 Å². The number of thiazole rings is 1. The number of benzene rings is 1. The summed E-state index contributed by atoms with van der Waals surface area (Å²) in [5.74, 6) is -1.38. The van der Waals surface area contributed by atoms with Crippen molar-refractivity contribution in [3.05, 3.63) is 51.2 Å². The molecule has 0 spiro atoms. The fourth-order valence-corrected chi connectivity index (χ4v) is 3.40. The molecule has 3 aromatic rings. The van der Waals surface area contributed by atoms with Crippen molar-refractivity contribution >= 4 is 44.8 Å². The van der Waals surface area contributed by atoms with Crippen molar-refractivity contribution in [2.45, 2.75) is 13.8 Å². The molecule has 0 unspecified atom stereocenters. The monoisotopic (exact) mass is 377 g/mol. The number of hydrogen-bond acceptors (Lipinski definition) is 7. The summed E-state index contributed by atoms with van der Waals surface area (Å²) in [6.07, 6.45) is 0. The molecule has 2 heterocycles. The molecule has 0 saturated heterocycles. The van der Waals surface area contributed by atoms with Crippen molar-refractivity contribution in [2.24, 2.45) is 0 Å². The third-order valence-corrected chi connectivity index (χ3v) is 4.88. The van der Waals surface area contributed by atoms with E-state index in [0.29, 0.717) is 15.7 Å². The van der Waals surface area contributed by atoms with E-state index in [1.807, 2.05) is 0 Å². The van der Waals surface area contributed by atoms with Crippen LogP contribution < -0.4 is 10.6 Å². The molecule has 0 aliphatic heterocycles. The SMILES string of the molecule is Cc1nnc(NC(=O)c2sc(NC(=O)c3cccc(F)c3)nc2C)s1. The first-order valence-electron chi connectivity index (χ1n) is 7.08. The Balaban J connectivity index is 1.73.